The van der Waals surface area contributed by atoms with Gasteiger partial charge in [0.15, 0.2) is 5.11 Å². The summed E-state index contributed by atoms with van der Waals surface area (Å²) in [6.07, 6.45) is 3.45. The Morgan fingerprint density at radius 1 is 0.966 bits per heavy atom. The van der Waals surface area contributed by atoms with Gasteiger partial charge in [0.25, 0.3) is 0 Å². The number of anilines is 1. The molecule has 1 unspecified atom stereocenters. The number of nitrogens with one attached hydrogen (secondary N) is 1. The van der Waals surface area contributed by atoms with Crippen LogP contribution in [0.25, 0.3) is 0 Å². The van der Waals surface area contributed by atoms with Crippen molar-refractivity contribution in [2.45, 2.75) is 12.5 Å². The van der Waals surface area contributed by atoms with E-state index >= 15 is 0 Å². The molecule has 158 valence electrons. The first-order valence-electron chi connectivity index (χ1n) is 9.70. The Bertz CT molecular complexity index is 685. The van der Waals surface area contributed by atoms with Gasteiger partial charge in [0.2, 0.25) is 0 Å². The first kappa shape index (κ1) is 23.1. The average Bonchev–Trinajstić information content (AvgIpc) is 2.76. The van der Waals surface area contributed by atoms with Crippen LogP contribution >= 0.6 is 12.2 Å². The second-order valence-electron chi connectivity index (χ2n) is 7.10. The highest BCUT2D eigenvalue weighted by Gasteiger charge is 2.24. The SMILES string of the molecule is NC(=S)Nc1ccc(CC2CN(CC=O)CCN(CC=O)CCN2CC=O)cc1. The van der Waals surface area contributed by atoms with Crippen LogP contribution in [-0.2, 0) is 20.8 Å². The van der Waals surface area contributed by atoms with Gasteiger partial charge >= 0.3 is 0 Å². The van der Waals surface area contributed by atoms with Crippen molar-refractivity contribution in [2.24, 2.45) is 5.73 Å². The van der Waals surface area contributed by atoms with Gasteiger partial charge in [-0.2, -0.15) is 0 Å². The van der Waals surface area contributed by atoms with Crippen LogP contribution in [0.4, 0.5) is 5.69 Å². The molecule has 0 bridgehead atoms. The minimum absolute atomic E-state index is 0.0747. The van der Waals surface area contributed by atoms with E-state index in [0.29, 0.717) is 52.4 Å². The highest BCUT2D eigenvalue weighted by Crippen LogP contribution is 2.15. The van der Waals surface area contributed by atoms with Crippen molar-refractivity contribution < 1.29 is 14.4 Å². The zero-order valence-corrected chi connectivity index (χ0v) is 17.4. The van der Waals surface area contributed by atoms with E-state index in [4.69, 9.17) is 18.0 Å². The van der Waals surface area contributed by atoms with Crippen LogP contribution in [0.3, 0.4) is 0 Å². The maximum Gasteiger partial charge on any atom is 0.168 e. The third kappa shape index (κ3) is 7.98. The summed E-state index contributed by atoms with van der Waals surface area (Å²) in [5.74, 6) is 0. The number of nitrogens with zero attached hydrogens (tertiary/aromatic N) is 3. The molecule has 29 heavy (non-hydrogen) atoms. The van der Waals surface area contributed by atoms with Gasteiger partial charge in [0.05, 0.1) is 19.6 Å². The van der Waals surface area contributed by atoms with Crippen molar-refractivity contribution in [2.75, 3.05) is 57.7 Å². The molecule has 1 saturated heterocycles. The van der Waals surface area contributed by atoms with Crippen LogP contribution < -0.4 is 11.1 Å². The summed E-state index contributed by atoms with van der Waals surface area (Å²) in [7, 11) is 0. The Morgan fingerprint density at radius 3 is 2.17 bits per heavy atom. The molecule has 1 aromatic rings. The number of hydrogen-bond donors (Lipinski definition) is 2. The minimum Gasteiger partial charge on any atom is -0.376 e. The van der Waals surface area contributed by atoms with Gasteiger partial charge in [-0.1, -0.05) is 12.1 Å². The lowest BCUT2D eigenvalue weighted by Crippen LogP contribution is -2.47. The molecule has 0 amide bonds. The third-order valence-corrected chi connectivity index (χ3v) is 5.19. The van der Waals surface area contributed by atoms with Crippen molar-refractivity contribution in [1.29, 1.82) is 0 Å². The number of benzene rings is 1. The molecule has 3 N–H and O–H groups in total. The van der Waals surface area contributed by atoms with Gasteiger partial charge in [0.1, 0.15) is 18.9 Å². The normalized spacial score (nSPS) is 19.5. The molecular formula is C20H29N5O3S. The molecule has 1 heterocycles. The van der Waals surface area contributed by atoms with Crippen LogP contribution in [-0.4, -0.2) is 97.1 Å². The number of aldehydes is 3. The van der Waals surface area contributed by atoms with E-state index in [9.17, 15) is 14.4 Å². The van der Waals surface area contributed by atoms with Gasteiger partial charge in [-0.05, 0) is 36.3 Å². The van der Waals surface area contributed by atoms with Crippen LogP contribution in [0, 0.1) is 0 Å². The van der Waals surface area contributed by atoms with E-state index in [0.717, 1.165) is 36.5 Å². The van der Waals surface area contributed by atoms with Crippen LogP contribution in [0.1, 0.15) is 5.56 Å². The Balaban J connectivity index is 2.18. The number of thiocarbonyl (C=S) groups is 1. The largest absolute Gasteiger partial charge is 0.376 e. The summed E-state index contributed by atoms with van der Waals surface area (Å²) in [4.78, 5) is 39.7. The van der Waals surface area contributed by atoms with Crippen LogP contribution in [0.2, 0.25) is 0 Å². The van der Waals surface area contributed by atoms with Crippen molar-refractivity contribution in [3.8, 4) is 0 Å². The van der Waals surface area contributed by atoms with E-state index in [-0.39, 0.29) is 11.2 Å². The zero-order chi connectivity index (χ0) is 21.1. The number of carbonyl (C=O) groups excluding carboxylic acids is 3. The molecule has 1 aliphatic rings. The van der Waals surface area contributed by atoms with Gasteiger partial charge in [0, 0.05) is 44.5 Å². The maximum atomic E-state index is 11.3. The summed E-state index contributed by atoms with van der Waals surface area (Å²) in [5.41, 5.74) is 7.45. The van der Waals surface area contributed by atoms with Gasteiger partial charge < -0.3 is 25.4 Å². The Labute approximate surface area is 177 Å². The maximum absolute atomic E-state index is 11.3. The summed E-state index contributed by atoms with van der Waals surface area (Å²) in [5, 5.41) is 3.12. The molecule has 1 aromatic carbocycles. The molecule has 2 rings (SSSR count). The summed E-state index contributed by atoms with van der Waals surface area (Å²) >= 11 is 4.86. The molecule has 0 spiro atoms. The van der Waals surface area contributed by atoms with E-state index in [2.05, 4.69) is 20.0 Å². The van der Waals surface area contributed by atoms with Gasteiger partial charge in [-0.15, -0.1) is 0 Å². The molecule has 0 radical (unpaired) electrons. The Kier molecular flexibility index (Phi) is 9.85. The predicted molar refractivity (Wildman–Crippen MR) is 117 cm³/mol. The van der Waals surface area contributed by atoms with Crippen LogP contribution in [0.5, 0.6) is 0 Å². The number of rotatable bonds is 9. The van der Waals surface area contributed by atoms with Crippen molar-refractivity contribution in [1.82, 2.24) is 14.7 Å². The topological polar surface area (TPSA) is 99.0 Å². The lowest BCUT2D eigenvalue weighted by Gasteiger charge is -2.33. The fourth-order valence-corrected chi connectivity index (χ4v) is 3.70. The predicted octanol–water partition coefficient (Wildman–Crippen LogP) is -0.230. The van der Waals surface area contributed by atoms with E-state index in [1.165, 1.54) is 0 Å². The number of carbonyl (C=O) groups is 3. The fourth-order valence-electron chi connectivity index (χ4n) is 3.58. The average molecular weight is 420 g/mol. The standard InChI is InChI=1S/C20H29N5O3S/c21-20(29)22-18-3-1-17(2-4-18)15-19-16-24(10-13-27)6-5-23(9-12-26)7-8-25(19)11-14-28/h1-4,12-14,19H,5-11,15-16H2,(H3,21,22,29). The van der Waals surface area contributed by atoms with E-state index in [1.54, 1.807) is 0 Å². The molecule has 8 nitrogen and oxygen atoms in total. The lowest BCUT2D eigenvalue weighted by molar-refractivity contribution is -0.110. The zero-order valence-electron chi connectivity index (χ0n) is 16.5. The summed E-state index contributed by atoms with van der Waals surface area (Å²) < 4.78 is 0. The molecule has 0 aromatic heterocycles. The van der Waals surface area contributed by atoms with E-state index < -0.39 is 0 Å². The highest BCUT2D eigenvalue weighted by molar-refractivity contribution is 7.80. The second kappa shape index (κ2) is 12.4. The third-order valence-electron chi connectivity index (χ3n) is 5.09. The molecule has 0 aliphatic carbocycles. The highest BCUT2D eigenvalue weighted by atomic mass is 32.1. The molecule has 0 saturated carbocycles. The molecule has 1 aliphatic heterocycles. The quantitative estimate of drug-likeness (QED) is 0.415. The first-order chi connectivity index (χ1) is 14.0. The Hall–Kier alpha value is -2.20. The second-order valence-corrected chi connectivity index (χ2v) is 7.54. The first-order valence-corrected chi connectivity index (χ1v) is 10.1. The van der Waals surface area contributed by atoms with Crippen molar-refractivity contribution in [3.63, 3.8) is 0 Å². The minimum atomic E-state index is 0.0747. The van der Waals surface area contributed by atoms with Gasteiger partial charge in [-0.25, -0.2) is 0 Å². The monoisotopic (exact) mass is 419 g/mol. The van der Waals surface area contributed by atoms with Crippen molar-refractivity contribution in [3.05, 3.63) is 29.8 Å². The molecular weight excluding hydrogens is 390 g/mol. The van der Waals surface area contributed by atoms with Gasteiger partial charge in [-0.3, -0.25) is 14.7 Å². The number of hydrogen-bond acceptors (Lipinski definition) is 7. The van der Waals surface area contributed by atoms with Crippen molar-refractivity contribution >= 4 is 41.9 Å². The fraction of sp³-hybridized carbons (Fsp3) is 0.500. The summed E-state index contributed by atoms with van der Waals surface area (Å²) in [6, 6.07) is 7.93. The van der Waals surface area contributed by atoms with E-state index in [1.807, 2.05) is 24.3 Å². The van der Waals surface area contributed by atoms with Crippen LogP contribution in [0.15, 0.2) is 24.3 Å². The Morgan fingerprint density at radius 2 is 1.55 bits per heavy atom. The summed E-state index contributed by atoms with van der Waals surface area (Å²) in [6.45, 7) is 4.48. The smallest absolute Gasteiger partial charge is 0.168 e. The lowest BCUT2D eigenvalue weighted by atomic mass is 10.0. The molecule has 9 heteroatoms. The molecule has 1 fully saturated rings. The number of nitrogens with two attached hydrogens (primary N) is 1. The molecule has 1 atom stereocenters.